The summed E-state index contributed by atoms with van der Waals surface area (Å²) in [6.07, 6.45) is 0. The van der Waals surface area contributed by atoms with E-state index < -0.39 is 17.9 Å². The number of ether oxygens (including phenoxy) is 1. The third-order valence-corrected chi connectivity index (χ3v) is 3.90. The van der Waals surface area contributed by atoms with Crippen LogP contribution in [0.5, 0.6) is 5.75 Å². The van der Waals surface area contributed by atoms with E-state index in [2.05, 4.69) is 5.32 Å². The van der Waals surface area contributed by atoms with E-state index in [-0.39, 0.29) is 12.5 Å². The number of hydrogen-bond acceptors (Lipinski definition) is 3. The second kappa shape index (κ2) is 8.15. The molecule has 0 aromatic heterocycles. The first-order chi connectivity index (χ1) is 11.5. The molecule has 0 bridgehead atoms. The Balaban J connectivity index is 2.07. The van der Waals surface area contributed by atoms with E-state index in [1.807, 2.05) is 42.5 Å². The van der Waals surface area contributed by atoms with Crippen LogP contribution in [0.1, 0.15) is 29.8 Å². The monoisotopic (exact) mass is 327 g/mol. The van der Waals surface area contributed by atoms with Crippen LogP contribution in [0.3, 0.4) is 0 Å². The molecule has 0 fully saturated rings. The highest BCUT2D eigenvalue weighted by molar-refractivity contribution is 5.96. The zero-order chi connectivity index (χ0) is 17.5. The number of carbonyl (C=O) groups excluding carboxylic acids is 1. The fourth-order valence-corrected chi connectivity index (χ4v) is 2.17. The van der Waals surface area contributed by atoms with Gasteiger partial charge in [0.1, 0.15) is 12.4 Å². The standard InChI is InChI=1S/C19H21NO4/c1-13(19(22)23)14(2)20-18(21)17-11-7-6-8-15(17)12-24-16-9-4-3-5-10-16/h3-11,13-14H,12H2,1-2H3,(H,20,21)(H,22,23). The van der Waals surface area contributed by atoms with Crippen LogP contribution in [0.15, 0.2) is 54.6 Å². The number of carboxylic acids is 1. The molecule has 2 N–H and O–H groups in total. The molecular weight excluding hydrogens is 306 g/mol. The van der Waals surface area contributed by atoms with Gasteiger partial charge >= 0.3 is 5.97 Å². The maximum Gasteiger partial charge on any atom is 0.308 e. The van der Waals surface area contributed by atoms with Gasteiger partial charge in [0.15, 0.2) is 0 Å². The minimum absolute atomic E-state index is 0.260. The lowest BCUT2D eigenvalue weighted by atomic mass is 10.0. The third-order valence-electron chi connectivity index (χ3n) is 3.90. The third kappa shape index (κ3) is 4.59. The molecule has 0 aliphatic carbocycles. The predicted molar refractivity (Wildman–Crippen MR) is 90.9 cm³/mol. The molecule has 2 unspecified atom stereocenters. The van der Waals surface area contributed by atoms with Crippen LogP contribution in [0.4, 0.5) is 0 Å². The minimum Gasteiger partial charge on any atom is -0.489 e. The molecule has 0 spiro atoms. The highest BCUT2D eigenvalue weighted by Gasteiger charge is 2.22. The van der Waals surface area contributed by atoms with Gasteiger partial charge in [0, 0.05) is 17.2 Å². The quantitative estimate of drug-likeness (QED) is 0.819. The Morgan fingerprint density at radius 3 is 2.33 bits per heavy atom. The van der Waals surface area contributed by atoms with E-state index in [0.717, 1.165) is 11.3 Å². The molecule has 0 heterocycles. The molecule has 0 saturated carbocycles. The lowest BCUT2D eigenvalue weighted by Crippen LogP contribution is -2.40. The van der Waals surface area contributed by atoms with E-state index in [1.165, 1.54) is 0 Å². The summed E-state index contributed by atoms with van der Waals surface area (Å²) >= 11 is 0. The number of aliphatic carboxylic acids is 1. The lowest BCUT2D eigenvalue weighted by molar-refractivity contribution is -0.141. The van der Waals surface area contributed by atoms with E-state index >= 15 is 0 Å². The molecule has 2 rings (SSSR count). The first kappa shape index (κ1) is 17.5. The van der Waals surface area contributed by atoms with Crippen LogP contribution >= 0.6 is 0 Å². The summed E-state index contributed by atoms with van der Waals surface area (Å²) in [6.45, 7) is 3.51. The van der Waals surface area contributed by atoms with Crippen LogP contribution in [0.25, 0.3) is 0 Å². The van der Waals surface area contributed by atoms with Crippen molar-refractivity contribution in [3.8, 4) is 5.75 Å². The Kier molecular flexibility index (Phi) is 5.95. The van der Waals surface area contributed by atoms with Crippen LogP contribution < -0.4 is 10.1 Å². The highest BCUT2D eigenvalue weighted by atomic mass is 16.5. The first-order valence-corrected chi connectivity index (χ1v) is 7.78. The number of para-hydroxylation sites is 1. The average Bonchev–Trinajstić information content (AvgIpc) is 2.60. The Morgan fingerprint density at radius 2 is 1.67 bits per heavy atom. The fourth-order valence-electron chi connectivity index (χ4n) is 2.17. The summed E-state index contributed by atoms with van der Waals surface area (Å²) in [4.78, 5) is 23.5. The molecule has 126 valence electrons. The Hall–Kier alpha value is -2.82. The average molecular weight is 327 g/mol. The molecule has 0 radical (unpaired) electrons. The molecule has 5 nitrogen and oxygen atoms in total. The van der Waals surface area contributed by atoms with Gasteiger partial charge in [-0.2, -0.15) is 0 Å². The molecule has 2 aromatic carbocycles. The second-order valence-corrected chi connectivity index (χ2v) is 5.65. The molecule has 5 heteroatoms. The smallest absolute Gasteiger partial charge is 0.308 e. The number of nitrogens with one attached hydrogen (secondary N) is 1. The van der Waals surface area contributed by atoms with Crippen molar-refractivity contribution >= 4 is 11.9 Å². The van der Waals surface area contributed by atoms with Gasteiger partial charge in [0.05, 0.1) is 5.92 Å². The van der Waals surface area contributed by atoms with Crippen molar-refractivity contribution < 1.29 is 19.4 Å². The van der Waals surface area contributed by atoms with Gasteiger partial charge in [-0.25, -0.2) is 0 Å². The van der Waals surface area contributed by atoms with Gasteiger partial charge in [-0.05, 0) is 32.0 Å². The van der Waals surface area contributed by atoms with Gasteiger partial charge in [-0.1, -0.05) is 36.4 Å². The molecule has 2 atom stereocenters. The van der Waals surface area contributed by atoms with E-state index in [1.54, 1.807) is 26.0 Å². The van der Waals surface area contributed by atoms with Crippen molar-refractivity contribution in [3.63, 3.8) is 0 Å². The van der Waals surface area contributed by atoms with Crippen LogP contribution in [0, 0.1) is 5.92 Å². The van der Waals surface area contributed by atoms with Crippen LogP contribution in [-0.4, -0.2) is 23.0 Å². The molecule has 2 aromatic rings. The van der Waals surface area contributed by atoms with Crippen molar-refractivity contribution in [2.24, 2.45) is 5.92 Å². The van der Waals surface area contributed by atoms with Gasteiger partial charge < -0.3 is 15.2 Å². The van der Waals surface area contributed by atoms with Gasteiger partial charge in [-0.15, -0.1) is 0 Å². The Bertz CT molecular complexity index is 700. The van der Waals surface area contributed by atoms with Crippen molar-refractivity contribution in [1.29, 1.82) is 0 Å². The minimum atomic E-state index is -0.941. The van der Waals surface area contributed by atoms with Crippen molar-refractivity contribution in [3.05, 3.63) is 65.7 Å². The van der Waals surface area contributed by atoms with Crippen molar-refractivity contribution in [2.75, 3.05) is 0 Å². The largest absolute Gasteiger partial charge is 0.489 e. The summed E-state index contributed by atoms with van der Waals surface area (Å²) < 4.78 is 5.70. The highest BCUT2D eigenvalue weighted by Crippen LogP contribution is 2.15. The van der Waals surface area contributed by atoms with Crippen molar-refractivity contribution in [1.82, 2.24) is 5.32 Å². The number of hydrogen-bond donors (Lipinski definition) is 2. The van der Waals surface area contributed by atoms with E-state index in [4.69, 9.17) is 9.84 Å². The molecule has 24 heavy (non-hydrogen) atoms. The summed E-state index contributed by atoms with van der Waals surface area (Å²) in [5.41, 5.74) is 1.23. The predicted octanol–water partition coefficient (Wildman–Crippen LogP) is 3.10. The fraction of sp³-hybridized carbons (Fsp3) is 0.263. The normalized spacial score (nSPS) is 12.9. The Labute approximate surface area is 141 Å². The Morgan fingerprint density at radius 1 is 1.04 bits per heavy atom. The molecule has 0 aliphatic heterocycles. The molecular formula is C19H21NO4. The summed E-state index contributed by atoms with van der Waals surface area (Å²) in [5, 5.41) is 11.8. The molecule has 0 saturated heterocycles. The van der Waals surface area contributed by atoms with E-state index in [0.29, 0.717) is 5.56 Å². The lowest BCUT2D eigenvalue weighted by Gasteiger charge is -2.19. The summed E-state index contributed by atoms with van der Waals surface area (Å²) in [7, 11) is 0. The maximum absolute atomic E-state index is 12.5. The zero-order valence-corrected chi connectivity index (χ0v) is 13.7. The molecule has 1 amide bonds. The number of amides is 1. The zero-order valence-electron chi connectivity index (χ0n) is 13.7. The second-order valence-electron chi connectivity index (χ2n) is 5.65. The first-order valence-electron chi connectivity index (χ1n) is 7.78. The number of benzene rings is 2. The number of carbonyl (C=O) groups is 2. The van der Waals surface area contributed by atoms with Crippen LogP contribution in [-0.2, 0) is 11.4 Å². The number of carboxylic acid groups (broad SMARTS) is 1. The SMILES string of the molecule is CC(NC(=O)c1ccccc1COc1ccccc1)C(C)C(=O)O. The topological polar surface area (TPSA) is 75.6 Å². The molecule has 0 aliphatic rings. The summed E-state index contributed by atoms with van der Waals surface area (Å²) in [5.74, 6) is -1.19. The van der Waals surface area contributed by atoms with Crippen molar-refractivity contribution in [2.45, 2.75) is 26.5 Å². The number of rotatable bonds is 7. The van der Waals surface area contributed by atoms with E-state index in [9.17, 15) is 9.59 Å². The summed E-state index contributed by atoms with van der Waals surface area (Å²) in [6, 6.07) is 16.0. The van der Waals surface area contributed by atoms with Gasteiger partial charge in [0.2, 0.25) is 0 Å². The van der Waals surface area contributed by atoms with Crippen LogP contribution in [0.2, 0.25) is 0 Å². The maximum atomic E-state index is 12.5. The van der Waals surface area contributed by atoms with Gasteiger partial charge in [0.25, 0.3) is 5.91 Å². The van der Waals surface area contributed by atoms with Gasteiger partial charge in [-0.3, -0.25) is 9.59 Å².